The molecule has 27 heavy (non-hydrogen) atoms. The number of nitrogens with one attached hydrogen (secondary N) is 1. The molecule has 4 rings (SSSR count). The third-order valence-corrected chi connectivity index (χ3v) is 4.73. The number of ether oxygens (including phenoxy) is 1. The standard InChI is InChI=1S/C21H21N3O2S/c1-14(2)26-16-10-8-15(9-11-16)24-20(18-7-5-13-25-18)19(23-21(24)27)17-6-3-4-12-22-17/h3-14,19-20H,1-2H3,(H,23,27)/t19-,20-/m1/s1. The molecule has 3 heterocycles. The van der Waals surface area contributed by atoms with E-state index in [0.717, 1.165) is 22.9 Å². The van der Waals surface area contributed by atoms with Gasteiger partial charge in [0.05, 0.1) is 24.1 Å². The van der Waals surface area contributed by atoms with Crippen LogP contribution >= 0.6 is 12.2 Å². The Bertz CT molecular complexity index is 895. The first-order valence-corrected chi connectivity index (χ1v) is 9.35. The maximum Gasteiger partial charge on any atom is 0.174 e. The lowest BCUT2D eigenvalue weighted by atomic mass is 10.0. The van der Waals surface area contributed by atoms with Gasteiger partial charge in [0, 0.05) is 11.9 Å². The molecule has 1 N–H and O–H groups in total. The van der Waals surface area contributed by atoms with Crippen molar-refractivity contribution in [3.63, 3.8) is 0 Å². The molecule has 0 radical (unpaired) electrons. The van der Waals surface area contributed by atoms with Crippen molar-refractivity contribution >= 4 is 23.0 Å². The zero-order valence-electron chi connectivity index (χ0n) is 15.2. The second kappa shape index (κ2) is 7.40. The second-order valence-corrected chi connectivity index (χ2v) is 7.06. The second-order valence-electron chi connectivity index (χ2n) is 6.67. The molecule has 0 aliphatic carbocycles. The number of hydrogen-bond donors (Lipinski definition) is 1. The molecular weight excluding hydrogens is 358 g/mol. The van der Waals surface area contributed by atoms with Crippen molar-refractivity contribution < 1.29 is 9.15 Å². The van der Waals surface area contributed by atoms with Gasteiger partial charge < -0.3 is 19.4 Å². The quantitative estimate of drug-likeness (QED) is 0.652. The van der Waals surface area contributed by atoms with E-state index in [9.17, 15) is 0 Å². The van der Waals surface area contributed by atoms with Gasteiger partial charge in [-0.05, 0) is 74.6 Å². The number of aromatic nitrogens is 1. The zero-order chi connectivity index (χ0) is 18.8. The van der Waals surface area contributed by atoms with Crippen LogP contribution in [0.1, 0.15) is 37.4 Å². The molecule has 138 valence electrons. The first-order chi connectivity index (χ1) is 13.1. The predicted octanol–water partition coefficient (Wildman–Crippen LogP) is 4.64. The number of pyridine rings is 1. The molecule has 0 bridgehead atoms. The van der Waals surface area contributed by atoms with Crippen LogP contribution in [-0.4, -0.2) is 16.2 Å². The van der Waals surface area contributed by atoms with Gasteiger partial charge in [-0.2, -0.15) is 0 Å². The summed E-state index contributed by atoms with van der Waals surface area (Å²) in [5.74, 6) is 1.67. The molecule has 1 saturated heterocycles. The number of furan rings is 1. The maximum absolute atomic E-state index is 5.75. The lowest BCUT2D eigenvalue weighted by Gasteiger charge is -2.26. The topological polar surface area (TPSA) is 50.5 Å². The van der Waals surface area contributed by atoms with Gasteiger partial charge in [0.2, 0.25) is 0 Å². The summed E-state index contributed by atoms with van der Waals surface area (Å²) in [6.07, 6.45) is 3.61. The lowest BCUT2D eigenvalue weighted by Crippen LogP contribution is -2.29. The molecule has 1 fully saturated rings. The molecule has 1 aliphatic heterocycles. The molecule has 0 unspecified atom stereocenters. The maximum atomic E-state index is 5.75. The molecule has 6 heteroatoms. The van der Waals surface area contributed by atoms with Crippen LogP contribution in [0.2, 0.25) is 0 Å². The summed E-state index contributed by atoms with van der Waals surface area (Å²) in [6, 6.07) is 17.5. The van der Waals surface area contributed by atoms with Crippen LogP contribution in [0.4, 0.5) is 5.69 Å². The largest absolute Gasteiger partial charge is 0.491 e. The Kier molecular flexibility index (Phi) is 4.81. The van der Waals surface area contributed by atoms with Crippen LogP contribution in [0.15, 0.2) is 71.5 Å². The van der Waals surface area contributed by atoms with E-state index in [4.69, 9.17) is 21.4 Å². The van der Waals surface area contributed by atoms with Crippen molar-refractivity contribution in [2.24, 2.45) is 0 Å². The fourth-order valence-corrected chi connectivity index (χ4v) is 3.68. The normalized spacial score (nSPS) is 19.4. The highest BCUT2D eigenvalue weighted by molar-refractivity contribution is 7.80. The summed E-state index contributed by atoms with van der Waals surface area (Å²) in [5.41, 5.74) is 1.90. The van der Waals surface area contributed by atoms with Gasteiger partial charge in [0.25, 0.3) is 0 Å². The fourth-order valence-electron chi connectivity index (χ4n) is 3.34. The SMILES string of the molecule is CC(C)Oc1ccc(N2C(=S)N[C@H](c3ccccn3)[C@H]2c2ccco2)cc1. The summed E-state index contributed by atoms with van der Waals surface area (Å²) < 4.78 is 11.5. The molecule has 0 saturated carbocycles. The van der Waals surface area contributed by atoms with Crippen LogP contribution in [0, 0.1) is 0 Å². The summed E-state index contributed by atoms with van der Waals surface area (Å²) in [4.78, 5) is 6.60. The highest BCUT2D eigenvalue weighted by Crippen LogP contribution is 2.41. The van der Waals surface area contributed by atoms with Crippen molar-refractivity contribution in [3.05, 3.63) is 78.5 Å². The van der Waals surface area contributed by atoms with E-state index >= 15 is 0 Å². The zero-order valence-corrected chi connectivity index (χ0v) is 16.0. The summed E-state index contributed by atoms with van der Waals surface area (Å²) in [6.45, 7) is 4.02. The number of rotatable bonds is 5. The van der Waals surface area contributed by atoms with Gasteiger partial charge in [-0.15, -0.1) is 0 Å². The predicted molar refractivity (Wildman–Crippen MR) is 109 cm³/mol. The minimum absolute atomic E-state index is 0.101. The Hall–Kier alpha value is -2.86. The molecule has 5 nitrogen and oxygen atoms in total. The molecular formula is C21H21N3O2S. The number of nitrogens with zero attached hydrogens (tertiary/aromatic N) is 2. The van der Waals surface area contributed by atoms with E-state index in [1.165, 1.54) is 0 Å². The third-order valence-electron chi connectivity index (χ3n) is 4.42. The van der Waals surface area contributed by atoms with Crippen molar-refractivity contribution in [2.75, 3.05) is 4.90 Å². The molecule has 0 spiro atoms. The van der Waals surface area contributed by atoms with Crippen molar-refractivity contribution in [2.45, 2.75) is 32.0 Å². The average Bonchev–Trinajstić information content (AvgIpc) is 3.30. The van der Waals surface area contributed by atoms with E-state index < -0.39 is 0 Å². The van der Waals surface area contributed by atoms with E-state index in [1.807, 2.05) is 68.4 Å². The molecule has 1 aromatic carbocycles. The Labute approximate surface area is 164 Å². The van der Waals surface area contributed by atoms with Crippen LogP contribution in [-0.2, 0) is 0 Å². The number of anilines is 1. The Morgan fingerprint density at radius 2 is 1.93 bits per heavy atom. The van der Waals surface area contributed by atoms with Crippen LogP contribution < -0.4 is 15.0 Å². The van der Waals surface area contributed by atoms with E-state index in [2.05, 4.69) is 15.2 Å². The minimum atomic E-state index is -0.126. The van der Waals surface area contributed by atoms with Gasteiger partial charge in [-0.1, -0.05) is 6.07 Å². The number of hydrogen-bond acceptors (Lipinski definition) is 4. The molecule has 1 aliphatic rings. The fraction of sp³-hybridized carbons (Fsp3) is 0.238. The molecule has 2 aromatic heterocycles. The first-order valence-electron chi connectivity index (χ1n) is 8.94. The summed E-state index contributed by atoms with van der Waals surface area (Å²) >= 11 is 5.67. The van der Waals surface area contributed by atoms with Gasteiger partial charge in [0.1, 0.15) is 17.6 Å². The van der Waals surface area contributed by atoms with Gasteiger partial charge in [-0.3, -0.25) is 4.98 Å². The first kappa shape index (κ1) is 17.5. The van der Waals surface area contributed by atoms with E-state index in [1.54, 1.807) is 12.5 Å². The highest BCUT2D eigenvalue weighted by atomic mass is 32.1. The van der Waals surface area contributed by atoms with Crippen molar-refractivity contribution in [3.8, 4) is 5.75 Å². The Balaban J connectivity index is 1.71. The Morgan fingerprint density at radius 3 is 2.56 bits per heavy atom. The number of thiocarbonyl (C=S) groups is 1. The van der Waals surface area contributed by atoms with E-state index in [0.29, 0.717) is 5.11 Å². The summed E-state index contributed by atoms with van der Waals surface area (Å²) in [5, 5.41) is 4.05. The molecule has 3 aromatic rings. The highest BCUT2D eigenvalue weighted by Gasteiger charge is 2.42. The van der Waals surface area contributed by atoms with Gasteiger partial charge >= 0.3 is 0 Å². The molecule has 0 amide bonds. The Morgan fingerprint density at radius 1 is 1.11 bits per heavy atom. The van der Waals surface area contributed by atoms with Crippen LogP contribution in [0.5, 0.6) is 5.75 Å². The smallest absolute Gasteiger partial charge is 0.174 e. The van der Waals surface area contributed by atoms with Gasteiger partial charge in [-0.25, -0.2) is 0 Å². The van der Waals surface area contributed by atoms with Gasteiger partial charge in [0.15, 0.2) is 5.11 Å². The average molecular weight is 379 g/mol. The summed E-state index contributed by atoms with van der Waals surface area (Å²) in [7, 11) is 0. The van der Waals surface area contributed by atoms with Crippen molar-refractivity contribution in [1.82, 2.24) is 10.3 Å². The van der Waals surface area contributed by atoms with E-state index in [-0.39, 0.29) is 18.2 Å². The van der Waals surface area contributed by atoms with Crippen LogP contribution in [0.3, 0.4) is 0 Å². The molecule has 2 atom stereocenters. The monoisotopic (exact) mass is 379 g/mol. The minimum Gasteiger partial charge on any atom is -0.491 e. The lowest BCUT2D eigenvalue weighted by molar-refractivity contribution is 0.242. The third kappa shape index (κ3) is 3.53. The van der Waals surface area contributed by atoms with Crippen LogP contribution in [0.25, 0.3) is 0 Å². The number of benzene rings is 1. The van der Waals surface area contributed by atoms with Crippen molar-refractivity contribution in [1.29, 1.82) is 0 Å².